The molecule has 0 radical (unpaired) electrons. The van der Waals surface area contributed by atoms with Crippen LogP contribution in [-0.2, 0) is 15.0 Å². The van der Waals surface area contributed by atoms with Gasteiger partial charge in [0.1, 0.15) is 0 Å². The lowest BCUT2D eigenvalue weighted by Crippen LogP contribution is -2.47. The zero-order valence-electron chi connectivity index (χ0n) is 9.63. The van der Waals surface area contributed by atoms with Crippen LogP contribution in [0.3, 0.4) is 0 Å². The third-order valence-electron chi connectivity index (χ3n) is 2.31. The van der Waals surface area contributed by atoms with Crippen molar-refractivity contribution in [2.24, 2.45) is 0 Å². The normalized spacial score (nSPS) is 19.4. The van der Waals surface area contributed by atoms with Crippen molar-refractivity contribution in [1.82, 2.24) is 16.1 Å². The first kappa shape index (κ1) is 15.8. The van der Waals surface area contributed by atoms with Gasteiger partial charge in [0.15, 0.2) is 0 Å². The van der Waals surface area contributed by atoms with Gasteiger partial charge in [0.05, 0.1) is 12.4 Å². The van der Waals surface area contributed by atoms with Gasteiger partial charge in [0.25, 0.3) is 10.1 Å². The van der Waals surface area contributed by atoms with Crippen LogP contribution in [0.25, 0.3) is 0 Å². The van der Waals surface area contributed by atoms with Crippen LogP contribution in [0.4, 0.5) is 0 Å². The molecule has 7 nitrogen and oxygen atoms in total. The van der Waals surface area contributed by atoms with Crippen molar-refractivity contribution in [3.05, 3.63) is 0 Å². The van der Waals surface area contributed by atoms with Crippen LogP contribution in [0.2, 0.25) is 0 Å². The smallest absolute Gasteiger partial charge is 0.266 e. The van der Waals surface area contributed by atoms with E-state index in [9.17, 15) is 8.42 Å². The molecule has 0 aromatic carbocycles. The van der Waals surface area contributed by atoms with E-state index in [1.165, 1.54) is 0 Å². The average Bonchev–Trinajstić information content (AvgIpc) is 2.16. The third-order valence-corrected chi connectivity index (χ3v) is 3.01. The minimum Gasteiger partial charge on any atom is -0.344 e. The summed E-state index contributed by atoms with van der Waals surface area (Å²) in [6.07, 6.45) is 0. The number of piperazine rings is 1. The van der Waals surface area contributed by atoms with Crippen LogP contribution in [0.15, 0.2) is 0 Å². The molecular weight excluding hydrogens is 234 g/mol. The minimum absolute atomic E-state index is 0. The summed E-state index contributed by atoms with van der Waals surface area (Å²) in [4.78, 5) is 7.32. The highest BCUT2D eigenvalue weighted by Crippen LogP contribution is 2.02. The highest BCUT2D eigenvalue weighted by Gasteiger charge is 2.18. The first-order valence-electron chi connectivity index (χ1n) is 5.06. The monoisotopic (exact) mass is 255 g/mol. The number of hydroxylamine groups is 2. The zero-order valence-corrected chi connectivity index (χ0v) is 10.4. The molecular formula is C8H21N3O4S. The van der Waals surface area contributed by atoms with E-state index in [4.69, 9.17) is 9.39 Å². The van der Waals surface area contributed by atoms with Gasteiger partial charge < -0.3 is 6.15 Å². The Labute approximate surface area is 96.6 Å². The Hall–Kier alpha value is -0.250. The van der Waals surface area contributed by atoms with Crippen molar-refractivity contribution in [3.8, 4) is 0 Å². The second-order valence-corrected chi connectivity index (χ2v) is 5.05. The second kappa shape index (κ2) is 7.15. The third kappa shape index (κ3) is 6.36. The predicted molar refractivity (Wildman–Crippen MR) is 61.1 cm³/mol. The molecule has 1 saturated heterocycles. The zero-order chi connectivity index (χ0) is 11.3. The van der Waals surface area contributed by atoms with Gasteiger partial charge in [0.2, 0.25) is 0 Å². The van der Waals surface area contributed by atoms with E-state index >= 15 is 0 Å². The van der Waals surface area contributed by atoms with Crippen LogP contribution in [-0.4, -0.2) is 68.0 Å². The highest BCUT2D eigenvalue weighted by molar-refractivity contribution is 7.85. The fraction of sp³-hybridized carbons (Fsp3) is 1.00. The van der Waals surface area contributed by atoms with Crippen LogP contribution < -0.4 is 6.15 Å². The van der Waals surface area contributed by atoms with Crippen LogP contribution >= 0.6 is 0 Å². The van der Waals surface area contributed by atoms with E-state index in [-0.39, 0.29) is 11.9 Å². The first-order chi connectivity index (χ1) is 7.01. The molecule has 1 aliphatic rings. The topological polar surface area (TPSA) is 105 Å². The van der Waals surface area contributed by atoms with E-state index in [0.717, 1.165) is 26.2 Å². The Bertz CT molecular complexity index is 275. The fourth-order valence-corrected chi connectivity index (χ4v) is 2.00. The second-order valence-electron chi connectivity index (χ2n) is 3.47. The van der Waals surface area contributed by atoms with Crippen LogP contribution in [0.1, 0.15) is 6.92 Å². The van der Waals surface area contributed by atoms with Gasteiger partial charge in [-0.15, -0.1) is 0 Å². The maximum absolute atomic E-state index is 10.5. The molecule has 0 aromatic heterocycles. The van der Waals surface area contributed by atoms with Crippen molar-refractivity contribution >= 4 is 10.1 Å². The number of rotatable bonds is 5. The molecule has 1 aliphatic heterocycles. The van der Waals surface area contributed by atoms with Crippen molar-refractivity contribution in [1.29, 1.82) is 0 Å². The molecule has 4 N–H and O–H groups in total. The van der Waals surface area contributed by atoms with Gasteiger partial charge in [-0.05, 0) is 6.92 Å². The van der Waals surface area contributed by atoms with Gasteiger partial charge >= 0.3 is 0 Å². The Morgan fingerprint density at radius 2 is 1.81 bits per heavy atom. The van der Waals surface area contributed by atoms with Crippen molar-refractivity contribution in [2.45, 2.75) is 6.92 Å². The summed E-state index contributed by atoms with van der Waals surface area (Å²) in [5.74, 6) is -0.193. The van der Waals surface area contributed by atoms with E-state index in [0.29, 0.717) is 13.2 Å². The Morgan fingerprint density at radius 3 is 2.25 bits per heavy atom. The number of hydrogen-bond donors (Lipinski definition) is 2. The molecule has 0 amide bonds. The summed E-state index contributed by atoms with van der Waals surface area (Å²) >= 11 is 0. The summed E-state index contributed by atoms with van der Waals surface area (Å²) in [6.45, 7) is 6.08. The molecule has 0 unspecified atom stereocenters. The minimum atomic E-state index is -3.83. The largest absolute Gasteiger partial charge is 0.344 e. The highest BCUT2D eigenvalue weighted by atomic mass is 32.2. The Morgan fingerprint density at radius 1 is 1.25 bits per heavy atom. The van der Waals surface area contributed by atoms with Crippen molar-refractivity contribution in [2.75, 3.05) is 45.1 Å². The summed E-state index contributed by atoms with van der Waals surface area (Å²) in [6, 6.07) is 0. The summed E-state index contributed by atoms with van der Waals surface area (Å²) in [7, 11) is -3.83. The molecule has 1 rings (SSSR count). The van der Waals surface area contributed by atoms with E-state index in [2.05, 4.69) is 0 Å². The SMILES string of the molecule is CCON1CCN(CCS(=O)(=O)O)CC1.N. The summed E-state index contributed by atoms with van der Waals surface area (Å²) in [5, 5.41) is 1.88. The van der Waals surface area contributed by atoms with Crippen LogP contribution in [0.5, 0.6) is 0 Å². The lowest BCUT2D eigenvalue weighted by molar-refractivity contribution is -0.172. The molecule has 1 fully saturated rings. The molecule has 0 spiro atoms. The van der Waals surface area contributed by atoms with Crippen LogP contribution in [0, 0.1) is 0 Å². The van der Waals surface area contributed by atoms with Gasteiger partial charge in [0, 0.05) is 32.7 Å². The van der Waals surface area contributed by atoms with Gasteiger partial charge in [-0.25, -0.2) is 0 Å². The Balaban J connectivity index is 0.00000225. The summed E-state index contributed by atoms with van der Waals surface area (Å²) in [5.41, 5.74) is 0. The lowest BCUT2D eigenvalue weighted by Gasteiger charge is -2.33. The van der Waals surface area contributed by atoms with Gasteiger partial charge in [-0.2, -0.15) is 13.5 Å². The number of nitrogens with zero attached hydrogens (tertiary/aromatic N) is 2. The van der Waals surface area contributed by atoms with E-state index in [1.54, 1.807) is 0 Å². The molecule has 0 aromatic rings. The molecule has 0 saturated carbocycles. The maximum Gasteiger partial charge on any atom is 0.266 e. The standard InChI is InChI=1S/C8H18N2O4S.H3N/c1-2-14-10-5-3-9(4-6-10)7-8-15(11,12)13;/h2-8H2,1H3,(H,11,12,13);1H3. The van der Waals surface area contributed by atoms with Crippen molar-refractivity contribution < 1.29 is 17.8 Å². The van der Waals surface area contributed by atoms with E-state index < -0.39 is 10.1 Å². The van der Waals surface area contributed by atoms with Gasteiger partial charge in [-0.3, -0.25) is 14.3 Å². The quantitative estimate of drug-likeness (QED) is 0.644. The number of hydrogen-bond acceptors (Lipinski definition) is 6. The molecule has 0 aliphatic carbocycles. The predicted octanol–water partition coefficient (Wildman–Crippen LogP) is -0.395. The fourth-order valence-electron chi connectivity index (χ4n) is 1.51. The maximum atomic E-state index is 10.5. The summed E-state index contributed by atoms with van der Waals surface area (Å²) < 4.78 is 29.7. The van der Waals surface area contributed by atoms with Gasteiger partial charge in [-0.1, -0.05) is 0 Å². The molecule has 16 heavy (non-hydrogen) atoms. The lowest BCUT2D eigenvalue weighted by atomic mass is 10.3. The van der Waals surface area contributed by atoms with E-state index in [1.807, 2.05) is 16.9 Å². The molecule has 8 heteroatoms. The van der Waals surface area contributed by atoms with Crippen molar-refractivity contribution in [3.63, 3.8) is 0 Å². The molecule has 1 heterocycles. The molecule has 98 valence electrons. The molecule has 0 atom stereocenters. The Kier molecular flexibility index (Phi) is 7.04. The average molecular weight is 255 g/mol. The first-order valence-corrected chi connectivity index (χ1v) is 6.67. The molecule has 0 bridgehead atoms.